The molecule has 1 aromatic rings. The van der Waals surface area contributed by atoms with Crippen LogP contribution in [0.3, 0.4) is 0 Å². The van der Waals surface area contributed by atoms with Crippen LogP contribution in [0.2, 0.25) is 5.02 Å². The number of hydrogen-bond acceptors (Lipinski definition) is 3. The van der Waals surface area contributed by atoms with Crippen LogP contribution in [0.4, 0.5) is 5.69 Å². The van der Waals surface area contributed by atoms with Crippen molar-refractivity contribution in [1.82, 2.24) is 4.90 Å². The third-order valence-corrected chi connectivity index (χ3v) is 4.49. The molecule has 1 N–H and O–H groups in total. The Morgan fingerprint density at radius 3 is 2.82 bits per heavy atom. The molecule has 0 bridgehead atoms. The number of rotatable bonds is 3. The van der Waals surface area contributed by atoms with Gasteiger partial charge in [-0.3, -0.25) is 9.59 Å². The first-order valence-electron chi connectivity index (χ1n) is 7.57. The van der Waals surface area contributed by atoms with Gasteiger partial charge in [0.2, 0.25) is 11.8 Å². The number of carbonyl (C=O) groups excluding carboxylic acids is 2. The summed E-state index contributed by atoms with van der Waals surface area (Å²) in [6, 6.07) is 7.24. The Balaban J connectivity index is 1.61. The Bertz CT molecular complexity index is 572. The third kappa shape index (κ3) is 3.42. The molecule has 0 spiro atoms. The number of nitrogens with zero attached hydrogens (tertiary/aromatic N) is 1. The second-order valence-electron chi connectivity index (χ2n) is 5.79. The zero-order chi connectivity index (χ0) is 15.5. The monoisotopic (exact) mass is 322 g/mol. The molecule has 0 aromatic heterocycles. The van der Waals surface area contributed by atoms with Crippen molar-refractivity contribution in [3.05, 3.63) is 29.3 Å². The van der Waals surface area contributed by atoms with E-state index < -0.39 is 0 Å². The van der Waals surface area contributed by atoms with Gasteiger partial charge in [0.05, 0.1) is 5.92 Å². The van der Waals surface area contributed by atoms with Gasteiger partial charge in [0.25, 0.3) is 0 Å². The fourth-order valence-electron chi connectivity index (χ4n) is 3.07. The van der Waals surface area contributed by atoms with Crippen molar-refractivity contribution in [2.24, 2.45) is 5.92 Å². The highest BCUT2D eigenvalue weighted by molar-refractivity contribution is 6.30. The first-order chi connectivity index (χ1) is 10.6. The van der Waals surface area contributed by atoms with Gasteiger partial charge in [0.1, 0.15) is 0 Å². The van der Waals surface area contributed by atoms with Crippen LogP contribution in [0.5, 0.6) is 0 Å². The van der Waals surface area contributed by atoms with Gasteiger partial charge in [-0.25, -0.2) is 0 Å². The maximum atomic E-state index is 12.3. The molecule has 2 aliphatic heterocycles. The molecule has 22 heavy (non-hydrogen) atoms. The van der Waals surface area contributed by atoms with E-state index in [-0.39, 0.29) is 30.2 Å². The minimum Gasteiger partial charge on any atom is -0.381 e. The predicted octanol–water partition coefficient (Wildman–Crippen LogP) is 2.31. The minimum atomic E-state index is -0.297. The van der Waals surface area contributed by atoms with E-state index in [1.807, 2.05) is 4.90 Å². The number of carbonyl (C=O) groups is 2. The van der Waals surface area contributed by atoms with E-state index in [0.29, 0.717) is 30.5 Å². The molecule has 1 unspecified atom stereocenters. The molecule has 118 valence electrons. The molecule has 0 aliphatic carbocycles. The van der Waals surface area contributed by atoms with E-state index in [4.69, 9.17) is 16.3 Å². The smallest absolute Gasteiger partial charge is 0.229 e. The molecule has 2 aliphatic rings. The molecule has 1 atom stereocenters. The van der Waals surface area contributed by atoms with Crippen molar-refractivity contribution in [3.63, 3.8) is 0 Å². The van der Waals surface area contributed by atoms with E-state index >= 15 is 0 Å². The summed E-state index contributed by atoms with van der Waals surface area (Å²) in [7, 11) is 0. The average Bonchev–Trinajstić information content (AvgIpc) is 2.90. The van der Waals surface area contributed by atoms with E-state index in [1.54, 1.807) is 24.3 Å². The number of halogens is 1. The van der Waals surface area contributed by atoms with Crippen LogP contribution >= 0.6 is 11.6 Å². The van der Waals surface area contributed by atoms with Crippen LogP contribution in [0, 0.1) is 5.92 Å². The molecule has 2 fully saturated rings. The maximum absolute atomic E-state index is 12.3. The lowest BCUT2D eigenvalue weighted by atomic mass is 10.1. The van der Waals surface area contributed by atoms with Gasteiger partial charge in [-0.1, -0.05) is 17.7 Å². The molecule has 0 radical (unpaired) electrons. The predicted molar refractivity (Wildman–Crippen MR) is 83.7 cm³/mol. The maximum Gasteiger partial charge on any atom is 0.229 e. The summed E-state index contributed by atoms with van der Waals surface area (Å²) in [6.45, 7) is 1.87. The van der Waals surface area contributed by atoms with Gasteiger partial charge in [-0.2, -0.15) is 0 Å². The summed E-state index contributed by atoms with van der Waals surface area (Å²) in [4.78, 5) is 26.4. The van der Waals surface area contributed by atoms with Crippen molar-refractivity contribution in [2.45, 2.75) is 25.3 Å². The van der Waals surface area contributed by atoms with Crippen molar-refractivity contribution in [3.8, 4) is 0 Å². The second kappa shape index (κ2) is 6.67. The molecule has 2 heterocycles. The highest BCUT2D eigenvalue weighted by Gasteiger charge is 2.38. The lowest BCUT2D eigenvalue weighted by Crippen LogP contribution is -2.41. The van der Waals surface area contributed by atoms with E-state index in [0.717, 1.165) is 12.8 Å². The van der Waals surface area contributed by atoms with Gasteiger partial charge in [-0.05, 0) is 31.0 Å². The number of amides is 2. The molecular formula is C16H19ClN2O3. The Labute approximate surface area is 134 Å². The fraction of sp³-hybridized carbons (Fsp3) is 0.500. The summed E-state index contributed by atoms with van der Waals surface area (Å²) in [5, 5.41) is 3.42. The number of nitrogens with one attached hydrogen (secondary N) is 1. The van der Waals surface area contributed by atoms with Crippen LogP contribution in [0.25, 0.3) is 0 Å². The van der Waals surface area contributed by atoms with Crippen molar-refractivity contribution < 1.29 is 14.3 Å². The summed E-state index contributed by atoms with van der Waals surface area (Å²) >= 11 is 5.91. The Morgan fingerprint density at radius 1 is 1.32 bits per heavy atom. The van der Waals surface area contributed by atoms with Crippen molar-refractivity contribution >= 4 is 29.1 Å². The highest BCUT2D eigenvalue weighted by atomic mass is 35.5. The normalized spacial score (nSPS) is 22.9. The molecule has 2 amide bonds. The summed E-state index contributed by atoms with van der Waals surface area (Å²) in [5.41, 5.74) is 0.662. The zero-order valence-electron chi connectivity index (χ0n) is 12.3. The quantitative estimate of drug-likeness (QED) is 0.929. The molecule has 6 heteroatoms. The summed E-state index contributed by atoms with van der Waals surface area (Å²) < 4.78 is 5.33. The van der Waals surface area contributed by atoms with Gasteiger partial charge < -0.3 is 15.0 Å². The van der Waals surface area contributed by atoms with E-state index in [9.17, 15) is 9.59 Å². The first kappa shape index (κ1) is 15.3. The average molecular weight is 323 g/mol. The minimum absolute atomic E-state index is 0.0677. The molecule has 2 saturated heterocycles. The van der Waals surface area contributed by atoms with Gasteiger partial charge in [0, 0.05) is 42.9 Å². The second-order valence-corrected chi connectivity index (χ2v) is 6.23. The first-order valence-corrected chi connectivity index (χ1v) is 7.95. The molecule has 0 saturated carbocycles. The largest absolute Gasteiger partial charge is 0.381 e. The van der Waals surface area contributed by atoms with Crippen molar-refractivity contribution in [2.75, 3.05) is 25.1 Å². The van der Waals surface area contributed by atoms with Crippen LogP contribution < -0.4 is 5.32 Å². The van der Waals surface area contributed by atoms with Gasteiger partial charge in [0.15, 0.2) is 0 Å². The van der Waals surface area contributed by atoms with Crippen LogP contribution in [-0.2, 0) is 14.3 Å². The van der Waals surface area contributed by atoms with Gasteiger partial charge >= 0.3 is 0 Å². The Kier molecular flexibility index (Phi) is 4.64. The third-order valence-electron chi connectivity index (χ3n) is 4.25. The fourth-order valence-corrected chi connectivity index (χ4v) is 3.26. The van der Waals surface area contributed by atoms with Crippen molar-refractivity contribution in [1.29, 1.82) is 0 Å². The summed E-state index contributed by atoms with van der Waals surface area (Å²) in [5.74, 6) is -0.349. The molecular weight excluding hydrogens is 304 g/mol. The number of anilines is 1. The van der Waals surface area contributed by atoms with Crippen LogP contribution in [0.1, 0.15) is 19.3 Å². The lowest BCUT2D eigenvalue weighted by Gasteiger charge is -2.31. The molecule has 5 nitrogen and oxygen atoms in total. The van der Waals surface area contributed by atoms with Gasteiger partial charge in [-0.15, -0.1) is 0 Å². The number of hydrogen-bond donors (Lipinski definition) is 1. The topological polar surface area (TPSA) is 58.6 Å². The van der Waals surface area contributed by atoms with Crippen LogP contribution in [-0.4, -0.2) is 42.5 Å². The van der Waals surface area contributed by atoms with E-state index in [2.05, 4.69) is 5.32 Å². The van der Waals surface area contributed by atoms with Crippen LogP contribution in [0.15, 0.2) is 24.3 Å². The number of likely N-dealkylation sites (tertiary alicyclic amines) is 1. The van der Waals surface area contributed by atoms with E-state index in [1.165, 1.54) is 0 Å². The molecule has 1 aromatic carbocycles. The SMILES string of the molecule is O=C(Nc1cccc(Cl)c1)C1CC(=O)N(C2CCOCC2)C1. The number of ether oxygens (including phenoxy) is 1. The highest BCUT2D eigenvalue weighted by Crippen LogP contribution is 2.26. The summed E-state index contributed by atoms with van der Waals surface area (Å²) in [6.07, 6.45) is 1.99. The zero-order valence-corrected chi connectivity index (χ0v) is 13.0. The number of benzene rings is 1. The molecule has 3 rings (SSSR count). The standard InChI is InChI=1S/C16H19ClN2O3/c17-12-2-1-3-13(9-12)18-16(21)11-8-15(20)19(10-11)14-4-6-22-7-5-14/h1-3,9,11,14H,4-8,10H2,(H,18,21). The Hall–Kier alpha value is -1.59. The Morgan fingerprint density at radius 2 is 2.09 bits per heavy atom. The lowest BCUT2D eigenvalue weighted by molar-refractivity contribution is -0.131.